The zero-order valence-electron chi connectivity index (χ0n) is 16.7. The summed E-state index contributed by atoms with van der Waals surface area (Å²) in [5.74, 6) is 0.0799. The van der Waals surface area contributed by atoms with Crippen molar-refractivity contribution in [1.82, 2.24) is 4.90 Å². The quantitative estimate of drug-likeness (QED) is 0.764. The first-order chi connectivity index (χ1) is 13.0. The van der Waals surface area contributed by atoms with Crippen LogP contribution in [-0.2, 0) is 19.7 Å². The van der Waals surface area contributed by atoms with Crippen molar-refractivity contribution < 1.29 is 14.3 Å². The summed E-state index contributed by atoms with van der Waals surface area (Å²) in [5.41, 5.74) is 1.73. The molecule has 0 aliphatic carbocycles. The molecule has 3 aliphatic heterocycles. The molecule has 5 heteroatoms. The Kier molecular flexibility index (Phi) is 4.53. The number of carbonyl (C=O) groups excluding carboxylic acids is 2. The molecule has 5 nitrogen and oxygen atoms in total. The Balaban J connectivity index is 1.81. The molecule has 0 unspecified atom stereocenters. The fraction of sp³-hybridized carbons (Fsp3) is 0.636. The number of amides is 1. The number of piperidine rings is 1. The average molecular weight is 370 g/mol. The van der Waals surface area contributed by atoms with Gasteiger partial charge in [0.1, 0.15) is 0 Å². The summed E-state index contributed by atoms with van der Waals surface area (Å²) in [4.78, 5) is 30.0. The van der Waals surface area contributed by atoms with Crippen LogP contribution in [0.1, 0.15) is 51.0 Å². The monoisotopic (exact) mass is 370 g/mol. The van der Waals surface area contributed by atoms with Crippen LogP contribution in [-0.4, -0.2) is 50.1 Å². The number of benzene rings is 1. The van der Waals surface area contributed by atoms with Crippen LogP contribution in [0.15, 0.2) is 24.3 Å². The van der Waals surface area contributed by atoms with E-state index in [0.29, 0.717) is 6.42 Å². The molecule has 2 fully saturated rings. The van der Waals surface area contributed by atoms with E-state index in [2.05, 4.69) is 30.0 Å². The second-order valence-corrected chi connectivity index (χ2v) is 8.44. The molecule has 3 heterocycles. The molecule has 146 valence electrons. The zero-order chi connectivity index (χ0) is 19.2. The molecule has 1 spiro atoms. The number of fused-ring (bicyclic) bond motifs is 4. The van der Waals surface area contributed by atoms with Crippen molar-refractivity contribution in [2.75, 3.05) is 32.1 Å². The molecule has 0 radical (unpaired) electrons. The number of hydrogen-bond donors (Lipinski definition) is 0. The highest BCUT2D eigenvalue weighted by atomic mass is 16.5. The van der Waals surface area contributed by atoms with Crippen LogP contribution >= 0.6 is 0 Å². The fourth-order valence-electron chi connectivity index (χ4n) is 6.25. The summed E-state index contributed by atoms with van der Waals surface area (Å²) < 4.78 is 4.93. The van der Waals surface area contributed by atoms with E-state index in [1.807, 2.05) is 18.0 Å². The Bertz CT molecular complexity index is 764. The number of ether oxygens (including phenoxy) is 1. The van der Waals surface area contributed by atoms with Crippen LogP contribution in [0.25, 0.3) is 0 Å². The third-order valence-electron chi connectivity index (χ3n) is 7.52. The standard InChI is InChI=1S/C22H30N2O3/c1-4-21(12-10-18(25)27-3)11-7-14-24-15-13-22(19(21)24)16-8-5-6-9-17(16)23(2)20(22)26/h5-6,8-9,19H,4,7,10-15H2,1-3H3/t19-,21+,22-/m0/s1. The highest BCUT2D eigenvalue weighted by Gasteiger charge is 2.65. The van der Waals surface area contributed by atoms with Crippen LogP contribution in [0.2, 0.25) is 0 Å². The van der Waals surface area contributed by atoms with Gasteiger partial charge in [0.2, 0.25) is 5.91 Å². The summed E-state index contributed by atoms with van der Waals surface area (Å²) in [7, 11) is 3.36. The van der Waals surface area contributed by atoms with E-state index < -0.39 is 5.41 Å². The van der Waals surface area contributed by atoms with Crippen molar-refractivity contribution in [3.05, 3.63) is 29.8 Å². The number of hydrogen-bond acceptors (Lipinski definition) is 4. The van der Waals surface area contributed by atoms with Gasteiger partial charge in [-0.3, -0.25) is 14.5 Å². The zero-order valence-corrected chi connectivity index (χ0v) is 16.7. The van der Waals surface area contributed by atoms with Gasteiger partial charge >= 0.3 is 5.97 Å². The molecule has 27 heavy (non-hydrogen) atoms. The van der Waals surface area contributed by atoms with Gasteiger partial charge < -0.3 is 9.64 Å². The van der Waals surface area contributed by atoms with Crippen molar-refractivity contribution >= 4 is 17.6 Å². The smallest absolute Gasteiger partial charge is 0.305 e. The van der Waals surface area contributed by atoms with Crippen molar-refractivity contribution in [3.8, 4) is 0 Å². The second-order valence-electron chi connectivity index (χ2n) is 8.44. The summed E-state index contributed by atoms with van der Waals surface area (Å²) >= 11 is 0. The Morgan fingerprint density at radius 1 is 1.26 bits per heavy atom. The van der Waals surface area contributed by atoms with E-state index in [0.717, 1.165) is 50.9 Å². The van der Waals surface area contributed by atoms with Gasteiger partial charge in [-0.05, 0) is 62.2 Å². The van der Waals surface area contributed by atoms with Crippen LogP contribution in [0.5, 0.6) is 0 Å². The maximum atomic E-state index is 13.6. The molecule has 2 saturated heterocycles. The summed E-state index contributed by atoms with van der Waals surface area (Å²) in [6.07, 6.45) is 5.27. The highest BCUT2D eigenvalue weighted by molar-refractivity contribution is 6.08. The molecule has 3 atom stereocenters. The number of nitrogens with zero attached hydrogens (tertiary/aromatic N) is 2. The lowest BCUT2D eigenvalue weighted by Gasteiger charge is -2.52. The molecule has 1 aromatic rings. The fourth-order valence-corrected chi connectivity index (χ4v) is 6.25. The first-order valence-electron chi connectivity index (χ1n) is 10.2. The molecular weight excluding hydrogens is 340 g/mol. The minimum absolute atomic E-state index is 0.0309. The maximum absolute atomic E-state index is 13.6. The first kappa shape index (κ1) is 18.5. The molecule has 4 rings (SSSR count). The number of esters is 1. The van der Waals surface area contributed by atoms with E-state index in [-0.39, 0.29) is 23.3 Å². The predicted molar refractivity (Wildman–Crippen MR) is 105 cm³/mol. The number of rotatable bonds is 4. The third-order valence-corrected chi connectivity index (χ3v) is 7.52. The van der Waals surface area contributed by atoms with Crippen LogP contribution < -0.4 is 4.90 Å². The van der Waals surface area contributed by atoms with E-state index in [1.54, 1.807) is 0 Å². The van der Waals surface area contributed by atoms with Crippen LogP contribution in [0.3, 0.4) is 0 Å². The highest BCUT2D eigenvalue weighted by Crippen LogP contribution is 2.59. The molecule has 0 saturated carbocycles. The Labute approximate surface area is 161 Å². The SMILES string of the molecule is CC[C@]1(CCC(=O)OC)CCCN2CC[C@@]3(C(=O)N(C)c4ccccc43)[C@@H]21. The van der Waals surface area contributed by atoms with Gasteiger partial charge in [-0.2, -0.15) is 0 Å². The van der Waals surface area contributed by atoms with Gasteiger partial charge in [-0.1, -0.05) is 25.1 Å². The number of carbonyl (C=O) groups is 2. The van der Waals surface area contributed by atoms with Gasteiger partial charge in [0.05, 0.1) is 12.5 Å². The summed E-state index contributed by atoms with van der Waals surface area (Å²) in [6.45, 7) is 4.23. The average Bonchev–Trinajstić information content (AvgIpc) is 3.20. The van der Waals surface area contributed by atoms with E-state index in [1.165, 1.54) is 12.7 Å². The number of para-hydroxylation sites is 1. The van der Waals surface area contributed by atoms with E-state index in [9.17, 15) is 9.59 Å². The molecule has 0 aromatic heterocycles. The van der Waals surface area contributed by atoms with Gasteiger partial charge in [0.15, 0.2) is 0 Å². The Morgan fingerprint density at radius 2 is 2.04 bits per heavy atom. The molecule has 1 amide bonds. The van der Waals surface area contributed by atoms with Crippen LogP contribution in [0.4, 0.5) is 5.69 Å². The van der Waals surface area contributed by atoms with Crippen LogP contribution in [0, 0.1) is 5.41 Å². The lowest BCUT2D eigenvalue weighted by atomic mass is 9.58. The molecule has 3 aliphatic rings. The molecule has 0 N–H and O–H groups in total. The lowest BCUT2D eigenvalue weighted by Crippen LogP contribution is -2.59. The van der Waals surface area contributed by atoms with Crippen molar-refractivity contribution in [2.45, 2.75) is 56.9 Å². The lowest BCUT2D eigenvalue weighted by molar-refractivity contribution is -0.142. The summed E-state index contributed by atoms with van der Waals surface area (Å²) in [6, 6.07) is 8.44. The molecule has 1 aromatic carbocycles. The van der Waals surface area contributed by atoms with E-state index >= 15 is 0 Å². The minimum atomic E-state index is -0.474. The van der Waals surface area contributed by atoms with Crippen molar-refractivity contribution in [1.29, 1.82) is 0 Å². The van der Waals surface area contributed by atoms with Gasteiger partial charge in [0.25, 0.3) is 0 Å². The van der Waals surface area contributed by atoms with E-state index in [4.69, 9.17) is 4.74 Å². The third kappa shape index (κ3) is 2.47. The summed E-state index contributed by atoms with van der Waals surface area (Å²) in [5, 5.41) is 0. The maximum Gasteiger partial charge on any atom is 0.305 e. The Morgan fingerprint density at radius 3 is 2.78 bits per heavy atom. The largest absolute Gasteiger partial charge is 0.469 e. The topological polar surface area (TPSA) is 49.9 Å². The van der Waals surface area contributed by atoms with Gasteiger partial charge in [0, 0.05) is 25.2 Å². The first-order valence-corrected chi connectivity index (χ1v) is 10.2. The molecular formula is C22H30N2O3. The molecule has 0 bridgehead atoms. The normalized spacial score (nSPS) is 32.6. The minimum Gasteiger partial charge on any atom is -0.469 e. The van der Waals surface area contributed by atoms with Crippen molar-refractivity contribution in [3.63, 3.8) is 0 Å². The number of anilines is 1. The number of likely N-dealkylation sites (N-methyl/N-ethyl adjacent to an activating group) is 1. The Hall–Kier alpha value is -1.88. The second kappa shape index (κ2) is 6.62. The van der Waals surface area contributed by atoms with Gasteiger partial charge in [-0.15, -0.1) is 0 Å². The predicted octanol–water partition coefficient (Wildman–Crippen LogP) is 3.12. The number of methoxy groups -OCH3 is 1. The van der Waals surface area contributed by atoms with Crippen molar-refractivity contribution in [2.24, 2.45) is 5.41 Å². The van der Waals surface area contributed by atoms with Gasteiger partial charge in [-0.25, -0.2) is 0 Å².